The third kappa shape index (κ3) is 15.7. The van der Waals surface area contributed by atoms with Crippen molar-refractivity contribution in [2.75, 3.05) is 0 Å². The third-order valence-corrected chi connectivity index (χ3v) is 4.58. The van der Waals surface area contributed by atoms with Gasteiger partial charge in [0.05, 0.1) is 0 Å². The Labute approximate surface area is 136 Å². The molecule has 0 aromatic carbocycles. The number of hydrogen-bond acceptors (Lipinski definition) is 4. The Kier molecular flexibility index (Phi) is 15.5. The molecule has 0 N–H and O–H groups in total. The van der Waals surface area contributed by atoms with E-state index < -0.39 is 16.1 Å². The van der Waals surface area contributed by atoms with Crippen LogP contribution in [0.1, 0.15) is 90.9 Å². The van der Waals surface area contributed by atoms with Crippen LogP contribution in [0.3, 0.4) is 0 Å². The summed E-state index contributed by atoms with van der Waals surface area (Å²) in [6, 6.07) is 0. The van der Waals surface area contributed by atoms with E-state index in [0.717, 1.165) is 25.7 Å². The number of rotatable bonds is 14. The fourth-order valence-corrected chi connectivity index (χ4v) is 2.87. The van der Waals surface area contributed by atoms with Crippen molar-refractivity contribution >= 4 is 28.0 Å². The molecule has 0 spiro atoms. The molecule has 0 unspecified atom stereocenters. The summed E-state index contributed by atoms with van der Waals surface area (Å²) in [4.78, 5) is 22.8. The summed E-state index contributed by atoms with van der Waals surface area (Å²) in [5.74, 6) is -0.440. The van der Waals surface area contributed by atoms with Crippen LogP contribution in [0.15, 0.2) is 0 Å². The Morgan fingerprint density at radius 3 is 1.43 bits per heavy atom. The first-order valence-electron chi connectivity index (χ1n) is 8.35. The molecule has 0 aliphatic rings. The van der Waals surface area contributed by atoms with Crippen molar-refractivity contribution in [2.45, 2.75) is 90.9 Å². The first-order chi connectivity index (χ1) is 10.2. The van der Waals surface area contributed by atoms with E-state index in [2.05, 4.69) is 13.8 Å². The van der Waals surface area contributed by atoms with Gasteiger partial charge in [-0.2, -0.15) is 0 Å². The molecule has 21 heavy (non-hydrogen) atoms. The molecule has 4 nitrogen and oxygen atoms in total. The van der Waals surface area contributed by atoms with Crippen molar-refractivity contribution in [1.82, 2.24) is 0 Å². The average Bonchev–Trinajstić information content (AvgIpc) is 2.47. The van der Waals surface area contributed by atoms with Crippen molar-refractivity contribution in [2.24, 2.45) is 0 Å². The van der Waals surface area contributed by atoms with Crippen LogP contribution in [0, 0.1) is 0 Å². The van der Waals surface area contributed by atoms with E-state index in [1.165, 1.54) is 38.5 Å². The summed E-state index contributed by atoms with van der Waals surface area (Å²) >= 11 is -1.35. The minimum absolute atomic E-state index is 0.220. The van der Waals surface area contributed by atoms with Crippen molar-refractivity contribution in [1.29, 1.82) is 0 Å². The first kappa shape index (κ1) is 20.5. The van der Waals surface area contributed by atoms with E-state index in [1.807, 2.05) is 0 Å². The third-order valence-electron chi connectivity index (χ3n) is 3.28. The van der Waals surface area contributed by atoms with Crippen LogP contribution in [0.2, 0.25) is 0 Å². The van der Waals surface area contributed by atoms with Crippen molar-refractivity contribution < 1.29 is 17.1 Å². The Morgan fingerprint density at radius 2 is 1.05 bits per heavy atom. The van der Waals surface area contributed by atoms with Crippen LogP contribution in [0.25, 0.3) is 0 Å². The summed E-state index contributed by atoms with van der Waals surface area (Å²) < 4.78 is 10.0. The topological polar surface area (TPSA) is 52.6 Å². The van der Waals surface area contributed by atoms with Crippen LogP contribution in [-0.2, 0) is 17.1 Å². The number of unbranched alkanes of at least 4 members (excludes halogenated alkanes) is 8. The minimum atomic E-state index is -1.35. The summed E-state index contributed by atoms with van der Waals surface area (Å²) in [5, 5.41) is 0. The summed E-state index contributed by atoms with van der Waals surface area (Å²) in [7, 11) is 0. The van der Waals surface area contributed by atoms with Gasteiger partial charge in [-0.05, 0) is 0 Å². The maximum atomic E-state index is 11.4. The molecule has 0 aromatic heterocycles. The van der Waals surface area contributed by atoms with Gasteiger partial charge in [0.25, 0.3) is 0 Å². The molecule has 0 rings (SSSR count). The van der Waals surface area contributed by atoms with Crippen molar-refractivity contribution in [3.8, 4) is 0 Å². The summed E-state index contributed by atoms with van der Waals surface area (Å²) in [6.45, 7) is 4.33. The van der Waals surface area contributed by atoms with E-state index in [9.17, 15) is 9.59 Å². The predicted molar refractivity (Wildman–Crippen MR) is 84.7 cm³/mol. The van der Waals surface area contributed by atoms with Gasteiger partial charge >= 0.3 is 136 Å². The molecule has 122 valence electrons. The molecule has 0 heterocycles. The molecule has 0 aromatic rings. The van der Waals surface area contributed by atoms with Crippen LogP contribution >= 0.6 is 0 Å². The quantitative estimate of drug-likeness (QED) is 0.342. The van der Waals surface area contributed by atoms with E-state index in [1.54, 1.807) is 0 Å². The van der Waals surface area contributed by atoms with Crippen LogP contribution in [0.4, 0.5) is 0 Å². The van der Waals surface area contributed by atoms with Crippen LogP contribution < -0.4 is 0 Å². The second-order valence-corrected chi connectivity index (χ2v) is 6.57. The van der Waals surface area contributed by atoms with Gasteiger partial charge in [-0.1, -0.05) is 0 Å². The molecule has 2 radical (unpaired) electrons. The average molecular weight is 359 g/mol. The van der Waals surface area contributed by atoms with Gasteiger partial charge in [-0.3, -0.25) is 0 Å². The molecule has 0 fully saturated rings. The Morgan fingerprint density at radius 1 is 0.667 bits per heavy atom. The first-order valence-corrected chi connectivity index (χ1v) is 10.1. The molecule has 0 amide bonds. The molecule has 0 saturated carbocycles. The van der Waals surface area contributed by atoms with Gasteiger partial charge < -0.3 is 0 Å². The van der Waals surface area contributed by atoms with Crippen LogP contribution in [-0.4, -0.2) is 28.0 Å². The zero-order valence-corrected chi connectivity index (χ0v) is 15.7. The fraction of sp³-hybridized carbons (Fsp3) is 0.875. The molecule has 5 heteroatoms. The predicted octanol–water partition coefficient (Wildman–Crippen LogP) is 4.33. The van der Waals surface area contributed by atoms with Crippen molar-refractivity contribution in [3.63, 3.8) is 0 Å². The summed E-state index contributed by atoms with van der Waals surface area (Å²) in [5.41, 5.74) is 0. The monoisotopic (exact) mass is 360 g/mol. The molecule has 0 aliphatic heterocycles. The molecule has 0 atom stereocenters. The standard InChI is InChI=1S/C16H30GeO4/c1-3-5-7-9-11-13-15(18)20-17-21-16(19)14-12-10-8-6-4-2/h3-14H2,1-2H3. The molecule has 0 bridgehead atoms. The Bertz CT molecular complexity index is 243. The van der Waals surface area contributed by atoms with E-state index in [-0.39, 0.29) is 11.9 Å². The zero-order valence-electron chi connectivity index (χ0n) is 13.6. The second kappa shape index (κ2) is 15.9. The normalized spacial score (nSPS) is 10.4. The van der Waals surface area contributed by atoms with Gasteiger partial charge in [0.1, 0.15) is 0 Å². The van der Waals surface area contributed by atoms with E-state index in [4.69, 9.17) is 7.53 Å². The number of carbonyl (C=O) groups is 2. The van der Waals surface area contributed by atoms with E-state index in [0.29, 0.717) is 12.8 Å². The van der Waals surface area contributed by atoms with E-state index >= 15 is 0 Å². The summed E-state index contributed by atoms with van der Waals surface area (Å²) in [6.07, 6.45) is 12.0. The van der Waals surface area contributed by atoms with Gasteiger partial charge in [0.2, 0.25) is 0 Å². The van der Waals surface area contributed by atoms with Crippen molar-refractivity contribution in [3.05, 3.63) is 0 Å². The second-order valence-electron chi connectivity index (χ2n) is 5.36. The van der Waals surface area contributed by atoms with Gasteiger partial charge in [0.15, 0.2) is 0 Å². The molecular formula is C16H30GeO4. The molecule has 0 saturated heterocycles. The van der Waals surface area contributed by atoms with Gasteiger partial charge in [-0.15, -0.1) is 0 Å². The van der Waals surface area contributed by atoms with Gasteiger partial charge in [0, 0.05) is 0 Å². The fourth-order valence-electron chi connectivity index (χ4n) is 1.96. The van der Waals surface area contributed by atoms with Gasteiger partial charge in [-0.25, -0.2) is 0 Å². The van der Waals surface area contributed by atoms with Crippen LogP contribution in [0.5, 0.6) is 0 Å². The SMILES string of the molecule is CCCCCCCC(=O)[O][Ge][O]C(=O)CCCCCCC. The molecule has 0 aliphatic carbocycles. The Hall–Kier alpha value is -0.517. The molecular weight excluding hydrogens is 329 g/mol. The number of hydrogen-bond donors (Lipinski definition) is 0. The Balaban J connectivity index is 3.34. The zero-order chi connectivity index (χ0) is 15.8. The number of carbonyl (C=O) groups excluding carboxylic acids is 2. The maximum absolute atomic E-state index is 11.4.